The van der Waals surface area contributed by atoms with Crippen LogP contribution in [0.5, 0.6) is 0 Å². The van der Waals surface area contributed by atoms with Crippen molar-refractivity contribution < 1.29 is 9.53 Å². The molecule has 1 rings (SSSR count). The minimum atomic E-state index is -0.431. The van der Waals surface area contributed by atoms with Crippen LogP contribution in [-0.4, -0.2) is 18.6 Å². The van der Waals surface area contributed by atoms with Gasteiger partial charge in [0, 0.05) is 12.5 Å². The first kappa shape index (κ1) is 16.2. The van der Waals surface area contributed by atoms with Crippen LogP contribution in [-0.2, 0) is 9.53 Å². The summed E-state index contributed by atoms with van der Waals surface area (Å²) in [5, 5.41) is 12.0. The van der Waals surface area contributed by atoms with Gasteiger partial charge in [-0.1, -0.05) is 37.3 Å². The average molecular weight is 274 g/mol. The Morgan fingerprint density at radius 3 is 2.60 bits per heavy atom. The van der Waals surface area contributed by atoms with Crippen LogP contribution >= 0.6 is 0 Å². The first-order valence-electron chi connectivity index (χ1n) is 7.07. The fourth-order valence-corrected chi connectivity index (χ4v) is 2.10. The van der Waals surface area contributed by atoms with E-state index in [1.54, 1.807) is 6.92 Å². The molecule has 0 saturated heterocycles. The lowest BCUT2D eigenvalue weighted by atomic mass is 10.0. The van der Waals surface area contributed by atoms with Crippen LogP contribution in [0.15, 0.2) is 30.3 Å². The number of nitrogens with zero attached hydrogens (tertiary/aromatic N) is 1. The minimum Gasteiger partial charge on any atom is -0.465 e. The maximum absolute atomic E-state index is 11.9. The molecule has 4 nitrogen and oxygen atoms in total. The largest absolute Gasteiger partial charge is 0.465 e. The summed E-state index contributed by atoms with van der Waals surface area (Å²) in [6.07, 6.45) is 1.67. The second-order valence-electron chi connectivity index (χ2n) is 4.54. The van der Waals surface area contributed by atoms with Crippen molar-refractivity contribution in [3.05, 3.63) is 35.9 Å². The molecule has 0 aliphatic carbocycles. The molecule has 0 bridgehead atoms. The van der Waals surface area contributed by atoms with Gasteiger partial charge in [-0.3, -0.25) is 10.1 Å². The highest BCUT2D eigenvalue weighted by molar-refractivity contribution is 5.75. The predicted molar refractivity (Wildman–Crippen MR) is 77.9 cm³/mol. The second kappa shape index (κ2) is 9.11. The van der Waals surface area contributed by atoms with Crippen molar-refractivity contribution in [3.8, 4) is 6.07 Å². The highest BCUT2D eigenvalue weighted by Gasteiger charge is 2.22. The van der Waals surface area contributed by atoms with Crippen molar-refractivity contribution in [2.75, 3.05) is 6.61 Å². The van der Waals surface area contributed by atoms with Crippen LogP contribution in [0.3, 0.4) is 0 Å². The molecule has 1 N–H and O–H groups in total. The van der Waals surface area contributed by atoms with Crippen LogP contribution < -0.4 is 5.32 Å². The van der Waals surface area contributed by atoms with E-state index in [4.69, 9.17) is 10.00 Å². The number of benzene rings is 1. The number of carbonyl (C=O) groups excluding carboxylic acids is 1. The third-order valence-electron chi connectivity index (χ3n) is 3.13. The zero-order valence-electron chi connectivity index (χ0n) is 12.1. The van der Waals surface area contributed by atoms with Crippen LogP contribution in [0, 0.1) is 11.3 Å². The molecule has 0 heterocycles. The molecular weight excluding hydrogens is 252 g/mol. The van der Waals surface area contributed by atoms with Gasteiger partial charge < -0.3 is 4.74 Å². The Bertz CT molecular complexity index is 440. The van der Waals surface area contributed by atoms with Gasteiger partial charge >= 0.3 is 5.97 Å². The molecule has 1 aromatic carbocycles. The topological polar surface area (TPSA) is 62.1 Å². The van der Waals surface area contributed by atoms with Crippen molar-refractivity contribution in [2.24, 2.45) is 0 Å². The summed E-state index contributed by atoms with van der Waals surface area (Å²) in [5.74, 6) is -0.280. The van der Waals surface area contributed by atoms with Gasteiger partial charge in [0.05, 0.1) is 12.7 Å². The number of nitrogens with one attached hydrogen (secondary N) is 1. The summed E-state index contributed by atoms with van der Waals surface area (Å²) in [6, 6.07) is 11.7. The summed E-state index contributed by atoms with van der Waals surface area (Å²) in [6.45, 7) is 4.20. The van der Waals surface area contributed by atoms with Crippen LogP contribution in [0.4, 0.5) is 0 Å². The SMILES string of the molecule is CCOC(=O)[C@H](CCC#N)NC(CC)c1ccccc1. The van der Waals surface area contributed by atoms with Gasteiger partial charge in [0.1, 0.15) is 6.04 Å². The Labute approximate surface area is 120 Å². The Balaban J connectivity index is 2.75. The lowest BCUT2D eigenvalue weighted by Crippen LogP contribution is -2.40. The fraction of sp³-hybridized carbons (Fsp3) is 0.500. The number of hydrogen-bond acceptors (Lipinski definition) is 4. The van der Waals surface area contributed by atoms with E-state index < -0.39 is 6.04 Å². The minimum absolute atomic E-state index is 0.0873. The average Bonchev–Trinajstić information content (AvgIpc) is 2.48. The molecule has 0 amide bonds. The number of nitriles is 1. The van der Waals surface area contributed by atoms with Crippen molar-refractivity contribution >= 4 is 5.97 Å². The smallest absolute Gasteiger partial charge is 0.323 e. The van der Waals surface area contributed by atoms with Crippen molar-refractivity contribution in [2.45, 2.75) is 45.2 Å². The van der Waals surface area contributed by atoms with Crippen LogP contribution in [0.25, 0.3) is 0 Å². The molecule has 1 unspecified atom stereocenters. The van der Waals surface area contributed by atoms with Crippen molar-refractivity contribution in [3.63, 3.8) is 0 Å². The second-order valence-corrected chi connectivity index (χ2v) is 4.54. The zero-order chi connectivity index (χ0) is 14.8. The van der Waals surface area contributed by atoms with E-state index >= 15 is 0 Å². The highest BCUT2D eigenvalue weighted by atomic mass is 16.5. The van der Waals surface area contributed by atoms with Gasteiger partial charge in [0.25, 0.3) is 0 Å². The van der Waals surface area contributed by atoms with Gasteiger partial charge in [-0.25, -0.2) is 0 Å². The summed E-state index contributed by atoms with van der Waals surface area (Å²) >= 11 is 0. The molecule has 0 aliphatic heterocycles. The Kier molecular flexibility index (Phi) is 7.38. The van der Waals surface area contributed by atoms with E-state index in [9.17, 15) is 4.79 Å². The van der Waals surface area contributed by atoms with Gasteiger partial charge in [-0.2, -0.15) is 5.26 Å². The van der Waals surface area contributed by atoms with Crippen LogP contribution in [0.1, 0.15) is 44.7 Å². The Morgan fingerprint density at radius 2 is 2.05 bits per heavy atom. The highest BCUT2D eigenvalue weighted by Crippen LogP contribution is 2.18. The van der Waals surface area contributed by atoms with Gasteiger partial charge in [-0.15, -0.1) is 0 Å². The van der Waals surface area contributed by atoms with Crippen molar-refractivity contribution in [1.82, 2.24) is 5.32 Å². The van der Waals surface area contributed by atoms with E-state index in [1.807, 2.05) is 30.3 Å². The van der Waals surface area contributed by atoms with E-state index in [2.05, 4.69) is 18.3 Å². The molecule has 0 aliphatic rings. The Hall–Kier alpha value is -1.86. The summed E-state index contributed by atoms with van der Waals surface area (Å²) in [5.41, 5.74) is 1.14. The van der Waals surface area contributed by atoms with Crippen molar-refractivity contribution in [1.29, 1.82) is 5.26 Å². The number of rotatable bonds is 8. The summed E-state index contributed by atoms with van der Waals surface area (Å²) in [4.78, 5) is 11.9. The normalized spacial score (nSPS) is 13.2. The molecule has 4 heteroatoms. The zero-order valence-corrected chi connectivity index (χ0v) is 12.1. The molecule has 108 valence electrons. The summed E-state index contributed by atoms with van der Waals surface area (Å²) in [7, 11) is 0. The van der Waals surface area contributed by atoms with Gasteiger partial charge in [0.15, 0.2) is 0 Å². The number of esters is 1. The molecule has 0 saturated carbocycles. The molecule has 0 aromatic heterocycles. The first-order chi connectivity index (χ1) is 9.72. The third-order valence-corrected chi connectivity index (χ3v) is 3.13. The maximum Gasteiger partial charge on any atom is 0.323 e. The monoisotopic (exact) mass is 274 g/mol. The predicted octanol–water partition coefficient (Wildman–Crippen LogP) is 2.96. The molecule has 0 fully saturated rings. The third kappa shape index (κ3) is 5.02. The van der Waals surface area contributed by atoms with E-state index in [-0.39, 0.29) is 12.0 Å². The van der Waals surface area contributed by atoms with E-state index in [0.717, 1.165) is 12.0 Å². The number of ether oxygens (including phenoxy) is 1. The lowest BCUT2D eigenvalue weighted by Gasteiger charge is -2.23. The Morgan fingerprint density at radius 1 is 1.35 bits per heavy atom. The molecule has 2 atom stereocenters. The molecule has 0 radical (unpaired) electrons. The van der Waals surface area contributed by atoms with Crippen LogP contribution in [0.2, 0.25) is 0 Å². The van der Waals surface area contributed by atoms with Gasteiger partial charge in [0.2, 0.25) is 0 Å². The van der Waals surface area contributed by atoms with Gasteiger partial charge in [-0.05, 0) is 25.3 Å². The number of hydrogen-bond donors (Lipinski definition) is 1. The standard InChI is InChI=1S/C16H22N2O2/c1-3-14(13-9-6-5-7-10-13)18-15(11-8-12-17)16(19)20-4-2/h5-7,9-10,14-15,18H,3-4,8,11H2,1-2H3/t14?,15-/m0/s1. The fourth-order valence-electron chi connectivity index (χ4n) is 2.10. The lowest BCUT2D eigenvalue weighted by molar-refractivity contribution is -0.146. The van der Waals surface area contributed by atoms with E-state index in [0.29, 0.717) is 19.4 Å². The molecular formula is C16H22N2O2. The molecule has 1 aromatic rings. The summed E-state index contributed by atoms with van der Waals surface area (Å²) < 4.78 is 5.07. The molecule has 20 heavy (non-hydrogen) atoms. The van der Waals surface area contributed by atoms with E-state index in [1.165, 1.54) is 0 Å². The quantitative estimate of drug-likeness (QED) is 0.740. The number of carbonyl (C=O) groups is 1. The maximum atomic E-state index is 11.9. The molecule has 0 spiro atoms. The first-order valence-corrected chi connectivity index (χ1v) is 7.07.